The largest absolute Gasteiger partial charge is 0.309 e. The lowest BCUT2D eigenvalue weighted by molar-refractivity contribution is 0.953. The van der Waals surface area contributed by atoms with Crippen molar-refractivity contribution in [3.8, 4) is 79.7 Å². The molecular weight excluding hydrogens is 833 g/mol. The molecule has 13 aromatic rings. The molecule has 0 amide bonds. The highest BCUT2D eigenvalue weighted by Gasteiger charge is 2.22. The second kappa shape index (κ2) is 16.2. The topological polar surface area (TPSA) is 87.2 Å². The summed E-state index contributed by atoms with van der Waals surface area (Å²) >= 11 is 0. The molecule has 0 atom stereocenters. The molecule has 0 saturated carbocycles. The Labute approximate surface area is 391 Å². The monoisotopic (exact) mass is 870 g/mol. The van der Waals surface area contributed by atoms with Crippen LogP contribution >= 0.6 is 0 Å². The highest BCUT2D eigenvalue weighted by atomic mass is 15.2. The average Bonchev–Trinajstić information content (AvgIpc) is 3.93. The molecule has 8 nitrogen and oxygen atoms in total. The van der Waals surface area contributed by atoms with Crippen LogP contribution in [-0.4, -0.2) is 39.0 Å². The van der Waals surface area contributed by atoms with Gasteiger partial charge < -0.3 is 4.57 Å². The van der Waals surface area contributed by atoms with E-state index in [-0.39, 0.29) is 0 Å². The SMILES string of the molecule is c1ccc(-c2cccc(-c3nc(-c4ccccc4)nc(-c4ccc(-n5c6ccccc6c6cc7c8ccccc8n(-c8nc(-c9ccccc9)nc(-c9ccccc9)n8)c7cc65)cc4)n3)c2)cc1. The lowest BCUT2D eigenvalue weighted by atomic mass is 10.0. The summed E-state index contributed by atoms with van der Waals surface area (Å²) in [5.41, 5.74) is 12.0. The molecule has 0 saturated heterocycles. The average molecular weight is 871 g/mol. The van der Waals surface area contributed by atoms with Crippen molar-refractivity contribution in [2.24, 2.45) is 0 Å². The van der Waals surface area contributed by atoms with Gasteiger partial charge in [0.05, 0.1) is 22.1 Å². The van der Waals surface area contributed by atoms with Gasteiger partial charge in [-0.3, -0.25) is 4.57 Å². The number of aromatic nitrogens is 8. The third kappa shape index (κ3) is 6.78. The lowest BCUT2D eigenvalue weighted by Gasteiger charge is -2.12. The summed E-state index contributed by atoms with van der Waals surface area (Å²) in [4.78, 5) is 30.6. The first kappa shape index (κ1) is 39.0. The maximum Gasteiger partial charge on any atom is 0.238 e. The highest BCUT2D eigenvalue weighted by molar-refractivity contribution is 6.19. The van der Waals surface area contributed by atoms with Crippen LogP contribution in [0.15, 0.2) is 231 Å². The molecule has 9 aromatic carbocycles. The minimum absolute atomic E-state index is 0.550. The Hall–Kier alpha value is -9.40. The van der Waals surface area contributed by atoms with Gasteiger partial charge in [-0.1, -0.05) is 176 Å². The summed E-state index contributed by atoms with van der Waals surface area (Å²) in [7, 11) is 0. The molecule has 0 N–H and O–H groups in total. The van der Waals surface area contributed by atoms with Crippen LogP contribution in [0.5, 0.6) is 0 Å². The maximum atomic E-state index is 5.20. The first-order valence-electron chi connectivity index (χ1n) is 22.6. The molecule has 0 aliphatic carbocycles. The molecule has 0 bridgehead atoms. The molecule has 68 heavy (non-hydrogen) atoms. The number of benzene rings is 9. The predicted octanol–water partition coefficient (Wildman–Crippen LogP) is 14.3. The quantitative estimate of drug-likeness (QED) is 0.151. The molecule has 13 rings (SSSR count). The van der Waals surface area contributed by atoms with E-state index in [4.69, 9.17) is 29.9 Å². The van der Waals surface area contributed by atoms with Crippen LogP contribution in [0.1, 0.15) is 0 Å². The Morgan fingerprint density at radius 2 is 0.603 bits per heavy atom. The van der Waals surface area contributed by atoms with Gasteiger partial charge in [0.15, 0.2) is 29.1 Å². The van der Waals surface area contributed by atoms with Crippen molar-refractivity contribution in [2.75, 3.05) is 0 Å². The first-order chi connectivity index (χ1) is 33.7. The van der Waals surface area contributed by atoms with Gasteiger partial charge in [-0.15, -0.1) is 0 Å². The molecule has 4 heterocycles. The molecule has 318 valence electrons. The standard InChI is InChI=1S/C60H38N8/c1-5-18-39(19-6-1)44-26-17-27-45(36-44)59-62-55(40-20-7-2-8-21-40)61-56(63-59)43-32-34-46(35-33-43)67-51-30-15-13-28-47(51)49-37-50-48-29-14-16-31-52(48)68(54(50)38-53(49)67)60-65-57(41-22-9-3-10-23-41)64-58(66-60)42-24-11-4-12-25-42/h1-38H. The van der Waals surface area contributed by atoms with Gasteiger partial charge >= 0.3 is 0 Å². The van der Waals surface area contributed by atoms with Gasteiger partial charge in [-0.25, -0.2) is 19.9 Å². The molecule has 0 aliphatic heterocycles. The van der Waals surface area contributed by atoms with Crippen LogP contribution in [0, 0.1) is 0 Å². The van der Waals surface area contributed by atoms with E-state index in [2.05, 4.69) is 143 Å². The third-order valence-electron chi connectivity index (χ3n) is 12.6. The van der Waals surface area contributed by atoms with Gasteiger partial charge in [0.1, 0.15) is 0 Å². The van der Waals surface area contributed by atoms with E-state index in [9.17, 15) is 0 Å². The van der Waals surface area contributed by atoms with Gasteiger partial charge in [0, 0.05) is 55.0 Å². The first-order valence-corrected chi connectivity index (χ1v) is 22.6. The number of rotatable bonds is 8. The fourth-order valence-electron chi connectivity index (χ4n) is 9.40. The second-order valence-electron chi connectivity index (χ2n) is 16.8. The summed E-state index contributed by atoms with van der Waals surface area (Å²) in [6.07, 6.45) is 0. The number of hydrogen-bond acceptors (Lipinski definition) is 6. The number of para-hydroxylation sites is 2. The van der Waals surface area contributed by atoms with Crippen molar-refractivity contribution in [2.45, 2.75) is 0 Å². The van der Waals surface area contributed by atoms with Crippen LogP contribution in [0.2, 0.25) is 0 Å². The summed E-state index contributed by atoms with van der Waals surface area (Å²) < 4.78 is 4.53. The molecule has 0 unspecified atom stereocenters. The fraction of sp³-hybridized carbons (Fsp3) is 0. The van der Waals surface area contributed by atoms with Crippen molar-refractivity contribution in [3.05, 3.63) is 231 Å². The van der Waals surface area contributed by atoms with Crippen LogP contribution in [0.25, 0.3) is 123 Å². The number of fused-ring (bicyclic) bond motifs is 6. The zero-order chi connectivity index (χ0) is 45.0. The predicted molar refractivity (Wildman–Crippen MR) is 275 cm³/mol. The Morgan fingerprint density at radius 1 is 0.221 bits per heavy atom. The van der Waals surface area contributed by atoms with Gasteiger partial charge in [-0.05, 0) is 65.7 Å². The van der Waals surface area contributed by atoms with Crippen LogP contribution < -0.4 is 0 Å². The Balaban J connectivity index is 0.980. The van der Waals surface area contributed by atoms with Crippen molar-refractivity contribution in [1.29, 1.82) is 0 Å². The van der Waals surface area contributed by atoms with Gasteiger partial charge in [-0.2, -0.15) is 9.97 Å². The van der Waals surface area contributed by atoms with E-state index < -0.39 is 0 Å². The van der Waals surface area contributed by atoms with Crippen LogP contribution in [0.4, 0.5) is 0 Å². The summed E-state index contributed by atoms with van der Waals surface area (Å²) in [5, 5.41) is 4.55. The smallest absolute Gasteiger partial charge is 0.238 e. The van der Waals surface area contributed by atoms with E-state index in [1.165, 1.54) is 0 Å². The zero-order valence-electron chi connectivity index (χ0n) is 36.5. The summed E-state index contributed by atoms with van der Waals surface area (Å²) in [5.74, 6) is 3.60. The Morgan fingerprint density at radius 3 is 1.13 bits per heavy atom. The fourth-order valence-corrected chi connectivity index (χ4v) is 9.40. The summed E-state index contributed by atoms with van der Waals surface area (Å²) in [6.45, 7) is 0. The molecule has 4 aromatic heterocycles. The summed E-state index contributed by atoms with van der Waals surface area (Å²) in [6, 6.07) is 79.4. The molecule has 0 aliphatic rings. The molecular formula is C60H38N8. The van der Waals surface area contributed by atoms with E-state index in [0.717, 1.165) is 88.2 Å². The second-order valence-corrected chi connectivity index (χ2v) is 16.8. The van der Waals surface area contributed by atoms with Crippen molar-refractivity contribution < 1.29 is 0 Å². The van der Waals surface area contributed by atoms with Crippen molar-refractivity contribution in [3.63, 3.8) is 0 Å². The normalized spacial score (nSPS) is 11.5. The Bertz CT molecular complexity index is 3940. The van der Waals surface area contributed by atoms with Gasteiger partial charge in [0.25, 0.3) is 0 Å². The van der Waals surface area contributed by atoms with E-state index in [1.54, 1.807) is 0 Å². The molecule has 0 fully saturated rings. The van der Waals surface area contributed by atoms with Crippen LogP contribution in [0.3, 0.4) is 0 Å². The maximum absolute atomic E-state index is 5.20. The molecule has 8 heteroatoms. The van der Waals surface area contributed by atoms with Crippen molar-refractivity contribution in [1.82, 2.24) is 39.0 Å². The van der Waals surface area contributed by atoms with E-state index in [0.29, 0.717) is 35.1 Å². The van der Waals surface area contributed by atoms with Crippen LogP contribution in [-0.2, 0) is 0 Å². The minimum atomic E-state index is 0.550. The number of nitrogens with zero attached hydrogens (tertiary/aromatic N) is 8. The van der Waals surface area contributed by atoms with Gasteiger partial charge in [0.2, 0.25) is 5.95 Å². The zero-order valence-corrected chi connectivity index (χ0v) is 36.5. The highest BCUT2D eigenvalue weighted by Crippen LogP contribution is 2.40. The minimum Gasteiger partial charge on any atom is -0.309 e. The number of hydrogen-bond donors (Lipinski definition) is 0. The van der Waals surface area contributed by atoms with Crippen molar-refractivity contribution >= 4 is 43.6 Å². The van der Waals surface area contributed by atoms with E-state index >= 15 is 0 Å². The molecule has 0 radical (unpaired) electrons. The molecule has 0 spiro atoms. The lowest BCUT2D eigenvalue weighted by Crippen LogP contribution is -2.06. The third-order valence-corrected chi connectivity index (χ3v) is 12.6. The Kier molecular flexibility index (Phi) is 9.31. The van der Waals surface area contributed by atoms with E-state index in [1.807, 2.05) is 97.1 Å².